The maximum atomic E-state index is 15.1. The standard InChI is InChI=1S/C39H37ClF5N9O4/c1-37(2,39(43,44)45)21-38(26-11-8-24(9-12-26)30-17-48-54(51-30)27-13-14-27)34(57)52(36(50-38)46-18-32(56)58-20-23-6-4-3-5-7-23)31(19-55)25-10-15-29(40)28(16-25)33-47-22-49-53(33)35(41)42/h3-12,15-17,22,27,31,35,55H,13-14,18-21H2,1-2H3,(H,46,50)/t31-,38-/m1/s1. The smallest absolute Gasteiger partial charge is 0.394 e. The van der Waals surface area contributed by atoms with Crippen molar-refractivity contribution in [2.45, 2.75) is 70.1 Å². The van der Waals surface area contributed by atoms with E-state index in [2.05, 4.69) is 30.6 Å². The van der Waals surface area contributed by atoms with Gasteiger partial charge in [0.15, 0.2) is 5.82 Å². The number of carbonyl (C=O) groups excluding carboxylic acids is 2. The van der Waals surface area contributed by atoms with E-state index < -0.39 is 61.2 Å². The van der Waals surface area contributed by atoms with Crippen LogP contribution in [0.25, 0.3) is 22.6 Å². The number of benzene rings is 3. The van der Waals surface area contributed by atoms with Gasteiger partial charge in [0, 0.05) is 11.1 Å². The molecule has 7 rings (SSSR count). The second kappa shape index (κ2) is 15.9. The van der Waals surface area contributed by atoms with Gasteiger partial charge in [0.1, 0.15) is 30.7 Å². The number of nitrogens with one attached hydrogen (secondary N) is 1. The van der Waals surface area contributed by atoms with E-state index in [4.69, 9.17) is 16.3 Å². The first-order valence-electron chi connectivity index (χ1n) is 18.2. The number of aromatic nitrogens is 6. The Hall–Kier alpha value is -5.75. The highest BCUT2D eigenvalue weighted by molar-refractivity contribution is 6.33. The van der Waals surface area contributed by atoms with Crippen molar-refractivity contribution in [3.8, 4) is 22.6 Å². The molecule has 2 atom stereocenters. The lowest BCUT2D eigenvalue weighted by Crippen LogP contribution is -2.50. The van der Waals surface area contributed by atoms with Crippen molar-refractivity contribution < 1.29 is 41.4 Å². The van der Waals surface area contributed by atoms with Crippen molar-refractivity contribution in [3.05, 3.63) is 107 Å². The first kappa shape index (κ1) is 40.4. The second-order valence-corrected chi connectivity index (χ2v) is 15.1. The Morgan fingerprint density at radius 2 is 1.79 bits per heavy atom. The van der Waals surface area contributed by atoms with Gasteiger partial charge in [-0.3, -0.25) is 14.5 Å². The van der Waals surface area contributed by atoms with Gasteiger partial charge < -0.3 is 15.2 Å². The average Bonchev–Trinajstić information content (AvgIpc) is 3.59. The lowest BCUT2D eigenvalue weighted by Gasteiger charge is -2.37. The molecule has 2 N–H and O–H groups in total. The molecule has 1 aliphatic heterocycles. The van der Waals surface area contributed by atoms with Crippen LogP contribution in [0, 0.1) is 5.41 Å². The summed E-state index contributed by atoms with van der Waals surface area (Å²) in [6.45, 7) is -2.77. The molecule has 13 nitrogen and oxygen atoms in total. The number of ether oxygens (including phenoxy) is 1. The number of halogens is 6. The van der Waals surface area contributed by atoms with Crippen LogP contribution in [0.5, 0.6) is 0 Å². The zero-order valence-electron chi connectivity index (χ0n) is 31.1. The molecule has 5 aromatic rings. The van der Waals surface area contributed by atoms with E-state index in [1.165, 1.54) is 30.3 Å². The summed E-state index contributed by atoms with van der Waals surface area (Å²) in [6, 6.07) is 17.9. The Kier molecular flexibility index (Phi) is 11.1. The van der Waals surface area contributed by atoms with Crippen LogP contribution in [0.15, 0.2) is 90.3 Å². The minimum atomic E-state index is -4.79. The van der Waals surface area contributed by atoms with E-state index in [0.29, 0.717) is 21.5 Å². The van der Waals surface area contributed by atoms with Gasteiger partial charge in [0.05, 0.1) is 35.3 Å². The van der Waals surface area contributed by atoms with Crippen molar-refractivity contribution in [2.75, 3.05) is 13.2 Å². The van der Waals surface area contributed by atoms with Gasteiger partial charge in [-0.15, -0.1) is 0 Å². The average molecular weight is 826 g/mol. The lowest BCUT2D eigenvalue weighted by molar-refractivity contribution is -0.218. The molecule has 3 aromatic carbocycles. The van der Waals surface area contributed by atoms with Crippen LogP contribution in [0.1, 0.15) is 68.4 Å². The number of aliphatic hydroxyl groups excluding tert-OH is 1. The Balaban J connectivity index is 1.32. The predicted octanol–water partition coefficient (Wildman–Crippen LogP) is 7.03. The number of rotatable bonds is 14. The second-order valence-electron chi connectivity index (χ2n) is 14.7. The number of hydrogen-bond donors (Lipinski definition) is 2. The molecule has 2 aromatic heterocycles. The van der Waals surface area contributed by atoms with Gasteiger partial charge in [0.2, 0.25) is 5.96 Å². The largest absolute Gasteiger partial charge is 0.459 e. The Morgan fingerprint density at radius 1 is 1.07 bits per heavy atom. The number of carbonyl (C=O) groups is 2. The third-order valence-electron chi connectivity index (χ3n) is 10.1. The van der Waals surface area contributed by atoms with Gasteiger partial charge in [-0.2, -0.15) is 46.7 Å². The highest BCUT2D eigenvalue weighted by atomic mass is 35.5. The number of esters is 1. The quantitative estimate of drug-likeness (QED) is 0.0889. The molecule has 0 unspecified atom stereocenters. The Morgan fingerprint density at radius 3 is 2.45 bits per heavy atom. The molecule has 1 saturated carbocycles. The molecule has 2 fully saturated rings. The number of nitrogens with zero attached hydrogens (tertiary/aromatic N) is 8. The van der Waals surface area contributed by atoms with E-state index in [-0.39, 0.29) is 46.1 Å². The molecular formula is C39H37ClF5N9O4. The van der Waals surface area contributed by atoms with Crippen LogP contribution in [-0.2, 0) is 26.5 Å². The highest BCUT2D eigenvalue weighted by Crippen LogP contribution is 2.49. The van der Waals surface area contributed by atoms with Crippen LogP contribution >= 0.6 is 11.6 Å². The Bertz CT molecular complexity index is 2310. The predicted molar refractivity (Wildman–Crippen MR) is 200 cm³/mol. The maximum Gasteiger partial charge on any atom is 0.394 e. The molecule has 58 heavy (non-hydrogen) atoms. The number of aliphatic imine (C=N–C) groups is 1. The van der Waals surface area contributed by atoms with E-state index in [9.17, 15) is 31.9 Å². The van der Waals surface area contributed by atoms with Crippen LogP contribution in [-0.4, -0.2) is 76.9 Å². The summed E-state index contributed by atoms with van der Waals surface area (Å²) in [7, 11) is 0. The van der Waals surface area contributed by atoms with Crippen LogP contribution < -0.4 is 5.32 Å². The van der Waals surface area contributed by atoms with Crippen molar-refractivity contribution >= 4 is 29.4 Å². The fourth-order valence-corrected chi connectivity index (χ4v) is 6.98. The molecule has 1 aliphatic carbocycles. The molecule has 2 aliphatic rings. The fraction of sp³-hybridized carbons (Fsp3) is 0.359. The van der Waals surface area contributed by atoms with Gasteiger partial charge in [0.25, 0.3) is 5.91 Å². The first-order valence-corrected chi connectivity index (χ1v) is 18.5. The molecule has 19 heteroatoms. The molecule has 3 heterocycles. The van der Waals surface area contributed by atoms with Gasteiger partial charge in [-0.05, 0) is 48.1 Å². The number of hydrogen-bond acceptors (Lipinski definition) is 9. The zero-order valence-corrected chi connectivity index (χ0v) is 31.8. The minimum absolute atomic E-state index is 0.0187. The molecule has 1 saturated heterocycles. The minimum Gasteiger partial charge on any atom is -0.459 e. The van der Waals surface area contributed by atoms with Gasteiger partial charge >= 0.3 is 18.7 Å². The molecule has 304 valence electrons. The summed E-state index contributed by atoms with van der Waals surface area (Å²) in [5.41, 5.74) is -2.64. The molecule has 1 amide bonds. The van der Waals surface area contributed by atoms with Crippen LogP contribution in [0.2, 0.25) is 5.02 Å². The van der Waals surface area contributed by atoms with Crippen molar-refractivity contribution in [1.82, 2.24) is 40.0 Å². The van der Waals surface area contributed by atoms with Gasteiger partial charge in [-0.25, -0.2) is 9.98 Å². The molecule has 0 bridgehead atoms. The lowest BCUT2D eigenvalue weighted by atomic mass is 9.74. The summed E-state index contributed by atoms with van der Waals surface area (Å²) in [4.78, 5) is 39.0. The topological polar surface area (TPSA) is 153 Å². The number of guanidine groups is 1. The Labute approximate surface area is 333 Å². The number of alkyl halides is 5. The van der Waals surface area contributed by atoms with E-state index >= 15 is 4.79 Å². The van der Waals surface area contributed by atoms with Crippen molar-refractivity contribution in [3.63, 3.8) is 0 Å². The first-order chi connectivity index (χ1) is 27.6. The SMILES string of the molecule is CC(C)(C[C@]1(c2ccc(-c3cnn(C4CC4)n3)cc2)NC(=NCC(=O)OCc2ccccc2)N([C@H](CO)c2ccc(Cl)c(-c3ncnn3C(F)F)c2)C1=O)C(F)(F)F. The maximum absolute atomic E-state index is 15.1. The molecular weight excluding hydrogens is 789 g/mol. The van der Waals surface area contributed by atoms with Crippen molar-refractivity contribution in [1.29, 1.82) is 0 Å². The molecule has 0 radical (unpaired) electrons. The summed E-state index contributed by atoms with van der Waals surface area (Å²) in [6.07, 6.45) is -1.26. The fourth-order valence-electron chi connectivity index (χ4n) is 6.77. The number of aliphatic hydroxyl groups is 1. The number of amides is 1. The summed E-state index contributed by atoms with van der Waals surface area (Å²) < 4.78 is 77.6. The van der Waals surface area contributed by atoms with E-state index in [0.717, 1.165) is 37.9 Å². The molecule has 0 spiro atoms. The van der Waals surface area contributed by atoms with Gasteiger partial charge in [-0.1, -0.05) is 86.1 Å². The van der Waals surface area contributed by atoms with Crippen molar-refractivity contribution in [2.24, 2.45) is 10.4 Å². The van der Waals surface area contributed by atoms with Crippen LogP contribution in [0.3, 0.4) is 0 Å². The third kappa shape index (κ3) is 8.02. The third-order valence-corrected chi connectivity index (χ3v) is 10.5. The van der Waals surface area contributed by atoms with E-state index in [1.807, 2.05) is 0 Å². The normalized spacial score (nSPS) is 18.6. The summed E-state index contributed by atoms with van der Waals surface area (Å²) in [5, 5.41) is 26.3. The highest BCUT2D eigenvalue weighted by Gasteiger charge is 2.60. The summed E-state index contributed by atoms with van der Waals surface area (Å²) >= 11 is 6.43. The summed E-state index contributed by atoms with van der Waals surface area (Å²) in [5.74, 6) is -2.43. The zero-order chi connectivity index (χ0) is 41.4. The van der Waals surface area contributed by atoms with Crippen LogP contribution in [0.4, 0.5) is 22.0 Å². The monoisotopic (exact) mass is 825 g/mol. The van der Waals surface area contributed by atoms with E-state index in [1.54, 1.807) is 53.5 Å².